The average molecular weight is 264 g/mol. The van der Waals surface area contributed by atoms with E-state index in [1.807, 2.05) is 7.05 Å². The molecule has 1 aromatic heterocycles. The number of aryl methyl sites for hydroxylation is 3. The third kappa shape index (κ3) is 3.22. The second-order valence-corrected chi connectivity index (χ2v) is 5.11. The lowest BCUT2D eigenvalue weighted by molar-refractivity contribution is 0.341. The summed E-state index contributed by atoms with van der Waals surface area (Å²) in [7, 11) is 1.83. The lowest BCUT2D eigenvalue weighted by atomic mass is 10.1. The van der Waals surface area contributed by atoms with Crippen LogP contribution in [0.3, 0.4) is 0 Å². The quantitative estimate of drug-likeness (QED) is 0.610. The van der Waals surface area contributed by atoms with Gasteiger partial charge in [-0.25, -0.2) is 4.68 Å². The van der Waals surface area contributed by atoms with E-state index >= 15 is 0 Å². The van der Waals surface area contributed by atoms with Crippen LogP contribution in [0.1, 0.15) is 11.1 Å². The molecule has 2 rings (SSSR count). The molecule has 1 heterocycles. The predicted molar refractivity (Wildman–Crippen MR) is 70.9 cm³/mol. The molecule has 0 N–H and O–H groups in total. The maximum atomic E-state index is 5.76. The van der Waals surface area contributed by atoms with Crippen molar-refractivity contribution in [1.29, 1.82) is 0 Å². The van der Waals surface area contributed by atoms with Gasteiger partial charge < -0.3 is 4.74 Å². The maximum absolute atomic E-state index is 5.76. The van der Waals surface area contributed by atoms with E-state index in [9.17, 15) is 0 Å². The normalized spacial score (nSPS) is 10.6. The minimum Gasteiger partial charge on any atom is -0.492 e. The number of thioether (sulfide) groups is 1. The molecule has 0 saturated carbocycles. The number of nitrogens with zero attached hydrogens (tertiary/aromatic N) is 4. The fraction of sp³-hybridized carbons (Fsp3) is 0.417. The van der Waals surface area contributed by atoms with Crippen LogP contribution < -0.4 is 4.74 Å². The Morgan fingerprint density at radius 2 is 2.17 bits per heavy atom. The van der Waals surface area contributed by atoms with Gasteiger partial charge in [0.2, 0.25) is 5.16 Å². The van der Waals surface area contributed by atoms with Crippen LogP contribution in [0.2, 0.25) is 0 Å². The summed E-state index contributed by atoms with van der Waals surface area (Å²) in [5.74, 6) is 1.77. The largest absolute Gasteiger partial charge is 0.492 e. The number of hydrogen-bond donors (Lipinski definition) is 0. The van der Waals surface area contributed by atoms with Crippen LogP contribution in [0, 0.1) is 13.8 Å². The maximum Gasteiger partial charge on any atom is 0.209 e. The van der Waals surface area contributed by atoms with Gasteiger partial charge in [-0.15, -0.1) is 5.10 Å². The Kier molecular flexibility index (Phi) is 4.19. The summed E-state index contributed by atoms with van der Waals surface area (Å²) in [6, 6.07) is 6.22. The van der Waals surface area contributed by atoms with E-state index in [1.165, 1.54) is 5.56 Å². The summed E-state index contributed by atoms with van der Waals surface area (Å²) in [6.45, 7) is 4.75. The average Bonchev–Trinajstić information content (AvgIpc) is 2.75. The van der Waals surface area contributed by atoms with Gasteiger partial charge in [-0.05, 0) is 41.5 Å². The van der Waals surface area contributed by atoms with Crippen molar-refractivity contribution >= 4 is 11.8 Å². The third-order valence-corrected chi connectivity index (χ3v) is 3.47. The van der Waals surface area contributed by atoms with Gasteiger partial charge in [0, 0.05) is 12.8 Å². The number of tetrazole rings is 1. The summed E-state index contributed by atoms with van der Waals surface area (Å²) in [5.41, 5.74) is 2.37. The van der Waals surface area contributed by atoms with E-state index in [0.29, 0.717) is 6.61 Å². The monoisotopic (exact) mass is 264 g/mol. The van der Waals surface area contributed by atoms with Gasteiger partial charge in [0.15, 0.2) is 0 Å². The van der Waals surface area contributed by atoms with Crippen molar-refractivity contribution in [3.05, 3.63) is 29.3 Å². The van der Waals surface area contributed by atoms with Crippen LogP contribution in [-0.2, 0) is 7.05 Å². The van der Waals surface area contributed by atoms with E-state index in [1.54, 1.807) is 16.4 Å². The zero-order valence-electron chi connectivity index (χ0n) is 10.8. The Hall–Kier alpha value is -1.56. The molecule has 0 unspecified atom stereocenters. The highest BCUT2D eigenvalue weighted by Crippen LogP contribution is 2.20. The molecule has 0 fully saturated rings. The molecular weight excluding hydrogens is 248 g/mol. The first-order chi connectivity index (χ1) is 8.66. The zero-order valence-corrected chi connectivity index (χ0v) is 11.6. The van der Waals surface area contributed by atoms with E-state index in [0.717, 1.165) is 22.2 Å². The van der Waals surface area contributed by atoms with Crippen molar-refractivity contribution in [3.63, 3.8) is 0 Å². The van der Waals surface area contributed by atoms with Gasteiger partial charge in [0.1, 0.15) is 5.75 Å². The number of aromatic nitrogens is 4. The Morgan fingerprint density at radius 1 is 1.33 bits per heavy atom. The molecule has 0 saturated heterocycles. The van der Waals surface area contributed by atoms with Crippen molar-refractivity contribution < 1.29 is 4.74 Å². The molecule has 0 atom stereocenters. The molecule has 1 aromatic carbocycles. The molecule has 0 bridgehead atoms. The number of benzene rings is 1. The van der Waals surface area contributed by atoms with Crippen molar-refractivity contribution in [3.8, 4) is 5.75 Å². The first kappa shape index (κ1) is 12.9. The highest BCUT2D eigenvalue weighted by atomic mass is 32.2. The molecule has 96 valence electrons. The van der Waals surface area contributed by atoms with Crippen molar-refractivity contribution in [2.45, 2.75) is 19.0 Å². The van der Waals surface area contributed by atoms with Gasteiger partial charge in [0.05, 0.1) is 6.61 Å². The third-order valence-electron chi connectivity index (χ3n) is 2.50. The second-order valence-electron chi connectivity index (χ2n) is 4.05. The number of rotatable bonds is 5. The Bertz CT molecular complexity index is 527. The van der Waals surface area contributed by atoms with Gasteiger partial charge in [-0.1, -0.05) is 23.9 Å². The van der Waals surface area contributed by atoms with E-state index in [-0.39, 0.29) is 0 Å². The molecular formula is C12H16N4OS. The van der Waals surface area contributed by atoms with Gasteiger partial charge >= 0.3 is 0 Å². The van der Waals surface area contributed by atoms with Gasteiger partial charge in [0.25, 0.3) is 0 Å². The molecule has 0 aliphatic rings. The Balaban J connectivity index is 1.82. The topological polar surface area (TPSA) is 52.8 Å². The summed E-state index contributed by atoms with van der Waals surface area (Å²) in [4.78, 5) is 0. The van der Waals surface area contributed by atoms with Crippen LogP contribution in [0.4, 0.5) is 0 Å². The molecule has 0 amide bonds. The molecule has 0 radical (unpaired) electrons. The summed E-state index contributed by atoms with van der Waals surface area (Å²) < 4.78 is 7.41. The van der Waals surface area contributed by atoms with Crippen molar-refractivity contribution in [2.75, 3.05) is 12.4 Å². The molecule has 0 aliphatic carbocycles. The number of ether oxygens (including phenoxy) is 1. The first-order valence-corrected chi connectivity index (χ1v) is 6.70. The first-order valence-electron chi connectivity index (χ1n) is 5.72. The Morgan fingerprint density at radius 3 is 2.89 bits per heavy atom. The zero-order chi connectivity index (χ0) is 13.0. The highest BCUT2D eigenvalue weighted by Gasteiger charge is 2.03. The number of hydrogen-bond acceptors (Lipinski definition) is 5. The lowest BCUT2D eigenvalue weighted by Gasteiger charge is -2.09. The summed E-state index contributed by atoms with van der Waals surface area (Å²) >= 11 is 1.58. The fourth-order valence-electron chi connectivity index (χ4n) is 1.49. The molecule has 18 heavy (non-hydrogen) atoms. The lowest BCUT2D eigenvalue weighted by Crippen LogP contribution is -2.03. The van der Waals surface area contributed by atoms with E-state index in [4.69, 9.17) is 4.74 Å². The van der Waals surface area contributed by atoms with Crippen LogP contribution in [0.25, 0.3) is 0 Å². The standard InChI is InChI=1S/C12H16N4OS/c1-9-4-5-10(2)11(8-9)17-6-7-18-12-13-14-15-16(12)3/h4-5,8H,6-7H2,1-3H3. The minimum absolute atomic E-state index is 0.641. The van der Waals surface area contributed by atoms with Crippen molar-refractivity contribution in [2.24, 2.45) is 7.05 Å². The second kappa shape index (κ2) is 5.86. The van der Waals surface area contributed by atoms with Crippen LogP contribution in [-0.4, -0.2) is 32.6 Å². The van der Waals surface area contributed by atoms with Gasteiger partial charge in [-0.2, -0.15) is 0 Å². The smallest absolute Gasteiger partial charge is 0.209 e. The highest BCUT2D eigenvalue weighted by molar-refractivity contribution is 7.99. The van der Waals surface area contributed by atoms with Crippen molar-refractivity contribution in [1.82, 2.24) is 20.2 Å². The predicted octanol–water partition coefficient (Wildman–Crippen LogP) is 2.00. The Labute approximate surface area is 111 Å². The van der Waals surface area contributed by atoms with Gasteiger partial charge in [-0.3, -0.25) is 0 Å². The summed E-state index contributed by atoms with van der Waals surface area (Å²) in [6.07, 6.45) is 0. The minimum atomic E-state index is 0.641. The van der Waals surface area contributed by atoms with E-state index < -0.39 is 0 Å². The van der Waals surface area contributed by atoms with Crippen LogP contribution in [0.5, 0.6) is 5.75 Å². The van der Waals surface area contributed by atoms with E-state index in [2.05, 4.69) is 47.6 Å². The molecule has 5 nitrogen and oxygen atoms in total. The molecule has 2 aromatic rings. The fourth-order valence-corrected chi connectivity index (χ4v) is 2.16. The molecule has 0 aliphatic heterocycles. The summed E-state index contributed by atoms with van der Waals surface area (Å²) in [5, 5.41) is 12.1. The SMILES string of the molecule is Cc1ccc(C)c(OCCSc2nnnn2C)c1. The molecule has 6 heteroatoms. The molecule has 0 spiro atoms. The van der Waals surface area contributed by atoms with Crippen LogP contribution in [0.15, 0.2) is 23.4 Å². The van der Waals surface area contributed by atoms with Crippen LogP contribution >= 0.6 is 11.8 Å².